The molecule has 2 heteroatoms. The van der Waals surface area contributed by atoms with Crippen molar-refractivity contribution in [3.05, 3.63) is 53.3 Å². The van der Waals surface area contributed by atoms with Gasteiger partial charge in [0.15, 0.2) is 0 Å². The summed E-state index contributed by atoms with van der Waals surface area (Å²) in [7, 11) is 0. The van der Waals surface area contributed by atoms with Crippen LogP contribution in [0.1, 0.15) is 11.1 Å². The van der Waals surface area contributed by atoms with Crippen LogP contribution < -0.4 is 5.73 Å². The molecule has 2 N–H and O–H groups in total. The summed E-state index contributed by atoms with van der Waals surface area (Å²) >= 11 is 0. The fraction of sp³-hybridized carbons (Fsp3) is 0.143. The minimum absolute atomic E-state index is 0.233. The number of halogens is 1. The number of rotatable bonds is 1. The van der Waals surface area contributed by atoms with E-state index in [4.69, 9.17) is 5.73 Å². The number of hydrogen-bond donors (Lipinski definition) is 1. The van der Waals surface area contributed by atoms with Crippen molar-refractivity contribution in [3.8, 4) is 11.1 Å². The van der Waals surface area contributed by atoms with Crippen LogP contribution in [0.15, 0.2) is 36.4 Å². The second-order valence-electron chi connectivity index (χ2n) is 4.06. The first-order chi connectivity index (χ1) is 7.58. The van der Waals surface area contributed by atoms with Crippen LogP contribution in [0.4, 0.5) is 10.1 Å². The van der Waals surface area contributed by atoms with Gasteiger partial charge in [0.05, 0.1) is 0 Å². The monoisotopic (exact) mass is 215 g/mol. The third-order valence-corrected chi connectivity index (χ3v) is 2.67. The Labute approximate surface area is 94.7 Å². The van der Waals surface area contributed by atoms with Gasteiger partial charge in [-0.2, -0.15) is 0 Å². The smallest absolute Gasteiger partial charge is 0.131 e. The molecular weight excluding hydrogens is 201 g/mol. The minimum Gasteiger partial charge on any atom is -0.399 e. The molecule has 0 aliphatic carbocycles. The number of anilines is 1. The van der Waals surface area contributed by atoms with E-state index in [1.807, 2.05) is 32.0 Å². The second kappa shape index (κ2) is 3.97. The van der Waals surface area contributed by atoms with E-state index in [-0.39, 0.29) is 5.82 Å². The highest BCUT2D eigenvalue weighted by Crippen LogP contribution is 2.28. The van der Waals surface area contributed by atoms with Crippen molar-refractivity contribution in [2.45, 2.75) is 13.8 Å². The van der Waals surface area contributed by atoms with Gasteiger partial charge in [0.2, 0.25) is 0 Å². The average molecular weight is 215 g/mol. The van der Waals surface area contributed by atoms with Gasteiger partial charge in [-0.1, -0.05) is 23.8 Å². The quantitative estimate of drug-likeness (QED) is 0.721. The van der Waals surface area contributed by atoms with Crippen LogP contribution in [0.2, 0.25) is 0 Å². The molecule has 0 saturated heterocycles. The lowest BCUT2D eigenvalue weighted by Crippen LogP contribution is -1.92. The van der Waals surface area contributed by atoms with Crippen LogP contribution in [0.5, 0.6) is 0 Å². The Morgan fingerprint density at radius 1 is 0.938 bits per heavy atom. The highest BCUT2D eigenvalue weighted by Gasteiger charge is 2.08. The first-order valence-electron chi connectivity index (χ1n) is 5.20. The normalized spacial score (nSPS) is 10.4. The largest absolute Gasteiger partial charge is 0.399 e. The van der Waals surface area contributed by atoms with Crippen molar-refractivity contribution in [3.63, 3.8) is 0 Å². The molecule has 0 aromatic heterocycles. The Bertz CT molecular complexity index is 483. The number of nitrogen functional groups attached to an aromatic ring is 1. The van der Waals surface area contributed by atoms with Gasteiger partial charge in [0, 0.05) is 11.3 Å². The molecule has 0 bridgehead atoms. The highest BCUT2D eigenvalue weighted by molar-refractivity contribution is 5.71. The van der Waals surface area contributed by atoms with Crippen LogP contribution in [-0.4, -0.2) is 0 Å². The fourth-order valence-corrected chi connectivity index (χ4v) is 1.78. The number of aryl methyl sites for hydroxylation is 2. The molecule has 0 fully saturated rings. The van der Waals surface area contributed by atoms with E-state index in [9.17, 15) is 4.39 Å². The molecule has 1 nitrogen and oxygen atoms in total. The van der Waals surface area contributed by atoms with E-state index in [1.165, 1.54) is 6.07 Å². The van der Waals surface area contributed by atoms with Gasteiger partial charge in [-0.3, -0.25) is 0 Å². The maximum atomic E-state index is 13.7. The summed E-state index contributed by atoms with van der Waals surface area (Å²) in [6, 6.07) is 10.6. The molecule has 2 rings (SSSR count). The molecule has 0 unspecified atom stereocenters. The van der Waals surface area contributed by atoms with Gasteiger partial charge < -0.3 is 5.73 Å². The zero-order valence-corrected chi connectivity index (χ0v) is 9.42. The summed E-state index contributed by atoms with van der Waals surface area (Å²) in [5.74, 6) is -0.233. The fourth-order valence-electron chi connectivity index (χ4n) is 1.78. The maximum Gasteiger partial charge on any atom is 0.131 e. The van der Waals surface area contributed by atoms with Crippen LogP contribution >= 0.6 is 0 Å². The molecule has 0 saturated carbocycles. The third-order valence-electron chi connectivity index (χ3n) is 2.67. The van der Waals surface area contributed by atoms with E-state index in [2.05, 4.69) is 0 Å². The van der Waals surface area contributed by atoms with Gasteiger partial charge >= 0.3 is 0 Å². The summed E-state index contributed by atoms with van der Waals surface area (Å²) in [5, 5.41) is 0. The SMILES string of the molecule is Cc1ccc(C)c(-c2cc(N)ccc2F)c1. The van der Waals surface area contributed by atoms with E-state index in [0.29, 0.717) is 11.3 Å². The van der Waals surface area contributed by atoms with E-state index >= 15 is 0 Å². The lowest BCUT2D eigenvalue weighted by Gasteiger charge is -2.09. The molecule has 16 heavy (non-hydrogen) atoms. The lowest BCUT2D eigenvalue weighted by atomic mass is 9.98. The predicted octanol–water partition coefficient (Wildman–Crippen LogP) is 3.69. The van der Waals surface area contributed by atoms with Crippen molar-refractivity contribution < 1.29 is 4.39 Å². The highest BCUT2D eigenvalue weighted by atomic mass is 19.1. The summed E-state index contributed by atoms with van der Waals surface area (Å²) in [6.07, 6.45) is 0. The molecule has 0 aliphatic heterocycles. The van der Waals surface area contributed by atoms with Crippen molar-refractivity contribution >= 4 is 5.69 Å². The topological polar surface area (TPSA) is 26.0 Å². The van der Waals surface area contributed by atoms with Crippen LogP contribution in [0, 0.1) is 19.7 Å². The molecule has 2 aromatic rings. The van der Waals surface area contributed by atoms with Crippen molar-refractivity contribution in [1.82, 2.24) is 0 Å². The average Bonchev–Trinajstić information content (AvgIpc) is 2.25. The Balaban J connectivity index is 2.66. The molecular formula is C14H14FN. The molecule has 0 heterocycles. The van der Waals surface area contributed by atoms with Crippen molar-refractivity contribution in [2.24, 2.45) is 0 Å². The van der Waals surface area contributed by atoms with Gasteiger partial charge in [0.25, 0.3) is 0 Å². The van der Waals surface area contributed by atoms with E-state index in [1.54, 1.807) is 12.1 Å². The Kier molecular flexibility index (Phi) is 2.65. The zero-order valence-electron chi connectivity index (χ0n) is 9.42. The molecule has 0 spiro atoms. The predicted molar refractivity (Wildman–Crippen MR) is 65.7 cm³/mol. The summed E-state index contributed by atoms with van der Waals surface area (Å²) in [6.45, 7) is 3.96. The van der Waals surface area contributed by atoms with E-state index < -0.39 is 0 Å². The molecule has 82 valence electrons. The van der Waals surface area contributed by atoms with Crippen LogP contribution in [0.25, 0.3) is 11.1 Å². The number of hydrogen-bond acceptors (Lipinski definition) is 1. The van der Waals surface area contributed by atoms with Crippen LogP contribution in [-0.2, 0) is 0 Å². The third kappa shape index (κ3) is 1.91. The number of benzene rings is 2. The standard InChI is InChI=1S/C14H14FN/c1-9-3-4-10(2)12(7-9)13-8-11(16)5-6-14(13)15/h3-8H,16H2,1-2H3. The van der Waals surface area contributed by atoms with Gasteiger partial charge in [-0.05, 0) is 43.2 Å². The zero-order chi connectivity index (χ0) is 11.7. The van der Waals surface area contributed by atoms with Gasteiger partial charge in [0.1, 0.15) is 5.82 Å². The van der Waals surface area contributed by atoms with Gasteiger partial charge in [-0.25, -0.2) is 4.39 Å². The maximum absolute atomic E-state index is 13.7. The Hall–Kier alpha value is -1.83. The summed E-state index contributed by atoms with van der Waals surface area (Å²) in [5.41, 5.74) is 9.91. The van der Waals surface area contributed by atoms with Crippen LogP contribution in [0.3, 0.4) is 0 Å². The minimum atomic E-state index is -0.233. The van der Waals surface area contributed by atoms with Gasteiger partial charge in [-0.15, -0.1) is 0 Å². The first kappa shape index (κ1) is 10.7. The van der Waals surface area contributed by atoms with E-state index in [0.717, 1.165) is 16.7 Å². The Morgan fingerprint density at radius 3 is 2.44 bits per heavy atom. The molecule has 0 atom stereocenters. The van der Waals surface area contributed by atoms with Crippen molar-refractivity contribution in [1.29, 1.82) is 0 Å². The molecule has 0 amide bonds. The number of nitrogens with two attached hydrogens (primary N) is 1. The summed E-state index contributed by atoms with van der Waals surface area (Å²) < 4.78 is 13.7. The molecule has 0 radical (unpaired) electrons. The Morgan fingerprint density at radius 2 is 1.69 bits per heavy atom. The summed E-state index contributed by atoms with van der Waals surface area (Å²) in [4.78, 5) is 0. The first-order valence-corrected chi connectivity index (χ1v) is 5.20. The second-order valence-corrected chi connectivity index (χ2v) is 4.06. The van der Waals surface area contributed by atoms with Crippen molar-refractivity contribution in [2.75, 3.05) is 5.73 Å². The molecule has 0 aliphatic rings. The lowest BCUT2D eigenvalue weighted by molar-refractivity contribution is 0.631. The molecule has 2 aromatic carbocycles.